The maximum Gasteiger partial charge on any atom is 0.407 e. The van der Waals surface area contributed by atoms with Gasteiger partial charge in [0.05, 0.1) is 0 Å². The Morgan fingerprint density at radius 2 is 1.87 bits per heavy atom. The van der Waals surface area contributed by atoms with Crippen molar-refractivity contribution in [3.05, 3.63) is 0 Å². The van der Waals surface area contributed by atoms with Crippen LogP contribution >= 0.6 is 0 Å². The summed E-state index contributed by atoms with van der Waals surface area (Å²) in [5.41, 5.74) is 4.56. The number of ether oxygens (including phenoxy) is 1. The van der Waals surface area contributed by atoms with Crippen LogP contribution in [0.15, 0.2) is 0 Å². The number of hydrogen-bond donors (Lipinski definition) is 2. The highest BCUT2D eigenvalue weighted by atomic mass is 16.6. The highest BCUT2D eigenvalue weighted by molar-refractivity contribution is 5.96. The van der Waals surface area contributed by atoms with E-state index in [4.69, 9.17) is 10.5 Å². The Kier molecular flexibility index (Phi) is 6.41. The van der Waals surface area contributed by atoms with Crippen molar-refractivity contribution < 1.29 is 19.1 Å². The van der Waals surface area contributed by atoms with E-state index in [0.717, 1.165) is 6.42 Å². The van der Waals surface area contributed by atoms with E-state index in [2.05, 4.69) is 12.2 Å². The monoisotopic (exact) mass is 327 g/mol. The number of carbonyl (C=O) groups excluding carboxylic acids is 3. The van der Waals surface area contributed by atoms with Crippen molar-refractivity contribution >= 4 is 17.9 Å². The van der Waals surface area contributed by atoms with Crippen molar-refractivity contribution in [1.82, 2.24) is 10.2 Å². The van der Waals surface area contributed by atoms with Crippen LogP contribution in [-0.2, 0) is 14.3 Å². The molecule has 23 heavy (non-hydrogen) atoms. The molecule has 0 unspecified atom stereocenters. The van der Waals surface area contributed by atoms with Crippen LogP contribution in [0.2, 0.25) is 0 Å². The summed E-state index contributed by atoms with van der Waals surface area (Å²) >= 11 is 0. The van der Waals surface area contributed by atoms with Gasteiger partial charge in [-0.25, -0.2) is 4.79 Å². The number of amides is 3. The smallest absolute Gasteiger partial charge is 0.407 e. The molecule has 1 heterocycles. The van der Waals surface area contributed by atoms with Crippen molar-refractivity contribution in [2.24, 2.45) is 17.6 Å². The van der Waals surface area contributed by atoms with Gasteiger partial charge >= 0.3 is 6.09 Å². The van der Waals surface area contributed by atoms with Gasteiger partial charge in [-0.2, -0.15) is 0 Å². The molecule has 132 valence electrons. The number of nitrogens with one attached hydrogen (secondary N) is 1. The molecule has 1 aliphatic rings. The van der Waals surface area contributed by atoms with Crippen molar-refractivity contribution in [3.8, 4) is 0 Å². The Morgan fingerprint density at radius 1 is 1.26 bits per heavy atom. The zero-order valence-corrected chi connectivity index (χ0v) is 14.7. The largest absolute Gasteiger partial charge is 0.444 e. The Labute approximate surface area is 137 Å². The Hall–Kier alpha value is -1.79. The first-order chi connectivity index (χ1) is 10.5. The first-order valence-electron chi connectivity index (χ1n) is 8.04. The first kappa shape index (κ1) is 19.3. The van der Waals surface area contributed by atoms with Gasteiger partial charge in [0.25, 0.3) is 0 Å². The van der Waals surface area contributed by atoms with Crippen LogP contribution < -0.4 is 11.1 Å². The van der Waals surface area contributed by atoms with Gasteiger partial charge in [-0.15, -0.1) is 0 Å². The number of likely N-dealkylation sites (tertiary alicyclic amines) is 1. The third-order valence-electron chi connectivity index (χ3n) is 4.03. The lowest BCUT2D eigenvalue weighted by atomic mass is 9.83. The second kappa shape index (κ2) is 7.66. The van der Waals surface area contributed by atoms with E-state index in [1.807, 2.05) is 27.7 Å². The topological polar surface area (TPSA) is 102 Å². The average Bonchev–Trinajstić information content (AvgIpc) is 2.34. The van der Waals surface area contributed by atoms with Gasteiger partial charge in [0.2, 0.25) is 11.8 Å². The van der Waals surface area contributed by atoms with E-state index in [0.29, 0.717) is 19.0 Å². The van der Waals surface area contributed by atoms with Crippen LogP contribution in [0.3, 0.4) is 0 Å². The van der Waals surface area contributed by atoms with Crippen LogP contribution in [0.4, 0.5) is 4.79 Å². The number of piperidine rings is 1. The summed E-state index contributed by atoms with van der Waals surface area (Å²) in [5, 5.41) is 2.76. The zero-order chi connectivity index (χ0) is 17.8. The maximum atomic E-state index is 12.1. The molecule has 7 heteroatoms. The quantitative estimate of drug-likeness (QED) is 0.759. The number of nitrogens with two attached hydrogens (primary N) is 1. The Bertz CT molecular complexity index is 459. The molecule has 1 saturated heterocycles. The fourth-order valence-corrected chi connectivity index (χ4v) is 2.86. The first-order valence-corrected chi connectivity index (χ1v) is 8.04. The van der Waals surface area contributed by atoms with E-state index in [9.17, 15) is 14.4 Å². The van der Waals surface area contributed by atoms with Gasteiger partial charge in [0.1, 0.15) is 12.0 Å². The highest BCUT2D eigenvalue weighted by Crippen LogP contribution is 2.27. The van der Waals surface area contributed by atoms with Gasteiger partial charge in [0, 0.05) is 19.1 Å². The van der Waals surface area contributed by atoms with Crippen molar-refractivity contribution in [1.29, 1.82) is 0 Å². The van der Waals surface area contributed by atoms with Gasteiger partial charge < -0.3 is 20.7 Å². The van der Waals surface area contributed by atoms with E-state index in [1.165, 1.54) is 0 Å². The predicted molar refractivity (Wildman–Crippen MR) is 86.5 cm³/mol. The van der Waals surface area contributed by atoms with Gasteiger partial charge in [-0.05, 0) is 46.0 Å². The molecule has 7 nitrogen and oxygen atoms in total. The molecule has 0 aromatic carbocycles. The SMILES string of the molecule is C[C@@H]1C[C@H](C)N(C(=O)CC(N)=O)C[C@H]1CNC(=O)OC(C)(C)C. The highest BCUT2D eigenvalue weighted by Gasteiger charge is 2.34. The molecule has 3 N–H and O–H groups in total. The lowest BCUT2D eigenvalue weighted by molar-refractivity contribution is -0.139. The summed E-state index contributed by atoms with van der Waals surface area (Å²) in [6.45, 7) is 10.4. The molecular formula is C16H29N3O4. The second-order valence-corrected chi connectivity index (χ2v) is 7.39. The molecule has 1 rings (SSSR count). The van der Waals surface area contributed by atoms with Crippen LogP contribution in [0.5, 0.6) is 0 Å². The van der Waals surface area contributed by atoms with Crippen molar-refractivity contribution in [2.75, 3.05) is 13.1 Å². The molecule has 3 atom stereocenters. The minimum atomic E-state index is -0.621. The van der Waals surface area contributed by atoms with E-state index >= 15 is 0 Å². The summed E-state index contributed by atoms with van der Waals surface area (Å²) in [5.74, 6) is -0.392. The van der Waals surface area contributed by atoms with Crippen molar-refractivity contribution in [3.63, 3.8) is 0 Å². The van der Waals surface area contributed by atoms with Crippen molar-refractivity contribution in [2.45, 2.75) is 59.1 Å². The standard InChI is InChI=1S/C16H29N3O4/c1-10-6-11(2)19(14(21)7-13(17)20)9-12(10)8-18-15(22)23-16(3,4)5/h10-12H,6-9H2,1-5H3,(H2,17,20)(H,18,22)/t10-,11+,12-/m1/s1. The molecule has 0 aromatic rings. The number of primary amides is 1. The normalized spacial score (nSPS) is 24.9. The van der Waals surface area contributed by atoms with E-state index < -0.39 is 17.6 Å². The molecule has 0 radical (unpaired) electrons. The third-order valence-corrected chi connectivity index (χ3v) is 4.03. The van der Waals surface area contributed by atoms with Crippen LogP contribution in [-0.4, -0.2) is 47.5 Å². The molecule has 0 spiro atoms. The minimum absolute atomic E-state index is 0.0645. The summed E-state index contributed by atoms with van der Waals surface area (Å²) in [6.07, 6.45) is 0.0918. The van der Waals surface area contributed by atoms with Gasteiger partial charge in [-0.3, -0.25) is 9.59 Å². The second-order valence-electron chi connectivity index (χ2n) is 7.39. The van der Waals surface area contributed by atoms with Gasteiger partial charge in [-0.1, -0.05) is 6.92 Å². The Morgan fingerprint density at radius 3 is 2.39 bits per heavy atom. The molecule has 0 saturated carbocycles. The summed E-state index contributed by atoms with van der Waals surface area (Å²) in [4.78, 5) is 36.5. The number of hydrogen-bond acceptors (Lipinski definition) is 4. The molecular weight excluding hydrogens is 298 g/mol. The summed E-state index contributed by atoms with van der Waals surface area (Å²) in [6, 6.07) is 0.0645. The molecule has 0 aliphatic carbocycles. The Balaban J connectivity index is 2.59. The summed E-state index contributed by atoms with van der Waals surface area (Å²) < 4.78 is 5.22. The fourth-order valence-electron chi connectivity index (χ4n) is 2.86. The zero-order valence-electron chi connectivity index (χ0n) is 14.7. The van der Waals surface area contributed by atoms with Crippen LogP contribution in [0, 0.1) is 11.8 Å². The van der Waals surface area contributed by atoms with Crippen LogP contribution in [0.25, 0.3) is 0 Å². The maximum absolute atomic E-state index is 12.1. The molecule has 1 aliphatic heterocycles. The lowest BCUT2D eigenvalue weighted by Crippen LogP contribution is -2.51. The predicted octanol–water partition coefficient (Wildman–Crippen LogP) is 1.26. The molecule has 0 aromatic heterocycles. The van der Waals surface area contributed by atoms with Gasteiger partial charge in [0.15, 0.2) is 0 Å². The fraction of sp³-hybridized carbons (Fsp3) is 0.812. The third kappa shape index (κ3) is 6.46. The molecule has 3 amide bonds. The van der Waals surface area contributed by atoms with E-state index in [-0.39, 0.29) is 24.3 Å². The molecule has 0 bridgehead atoms. The lowest BCUT2D eigenvalue weighted by Gasteiger charge is -2.41. The van der Waals surface area contributed by atoms with Crippen LogP contribution in [0.1, 0.15) is 47.5 Å². The number of nitrogens with zero attached hydrogens (tertiary/aromatic N) is 1. The number of carbonyl (C=O) groups is 3. The number of rotatable bonds is 4. The van der Waals surface area contributed by atoms with E-state index in [1.54, 1.807) is 4.90 Å². The number of alkyl carbamates (subject to hydrolysis) is 1. The minimum Gasteiger partial charge on any atom is -0.444 e. The molecule has 1 fully saturated rings. The summed E-state index contributed by atoms with van der Waals surface area (Å²) in [7, 11) is 0. The average molecular weight is 327 g/mol.